The molecule has 3 rings (SSSR count). The normalized spacial score (nSPS) is 23.2. The number of hydrogen-bond donors (Lipinski definition) is 0. The first-order chi connectivity index (χ1) is 8.53. The van der Waals surface area contributed by atoms with Crippen LogP contribution < -0.4 is 5.46 Å². The summed E-state index contributed by atoms with van der Waals surface area (Å²) in [6.07, 6.45) is 1.12. The third kappa shape index (κ3) is 2.33. The van der Waals surface area contributed by atoms with Gasteiger partial charge in [-0.05, 0) is 43.9 Å². The fourth-order valence-corrected chi connectivity index (χ4v) is 2.66. The lowest BCUT2D eigenvalue weighted by Gasteiger charge is -2.25. The predicted molar refractivity (Wildman–Crippen MR) is 73.0 cm³/mol. The Labute approximate surface area is 109 Å². The zero-order valence-electron chi connectivity index (χ0n) is 11.4. The van der Waals surface area contributed by atoms with Crippen LogP contribution in [0.15, 0.2) is 18.2 Å². The molecule has 0 bridgehead atoms. The van der Waals surface area contributed by atoms with E-state index in [-0.39, 0.29) is 12.7 Å². The standard InChI is InChI=1S/C14H20BNO2/c1-14(2)10-17-15(18-14)13-5-4-12-9-16(3)7-6-11(12)8-13/h4-5,8H,6-7,9-10H2,1-3H3. The van der Waals surface area contributed by atoms with Gasteiger partial charge in [-0.3, -0.25) is 0 Å². The number of rotatable bonds is 1. The molecule has 0 radical (unpaired) electrons. The summed E-state index contributed by atoms with van der Waals surface area (Å²) in [4.78, 5) is 2.35. The Morgan fingerprint density at radius 1 is 1.28 bits per heavy atom. The van der Waals surface area contributed by atoms with Crippen molar-refractivity contribution in [3.05, 3.63) is 29.3 Å². The van der Waals surface area contributed by atoms with Crippen LogP contribution in [0.25, 0.3) is 0 Å². The van der Waals surface area contributed by atoms with Gasteiger partial charge in [-0.1, -0.05) is 18.2 Å². The molecule has 18 heavy (non-hydrogen) atoms. The van der Waals surface area contributed by atoms with Gasteiger partial charge in [0.15, 0.2) is 0 Å². The number of hydrogen-bond acceptors (Lipinski definition) is 3. The Balaban J connectivity index is 1.83. The zero-order valence-corrected chi connectivity index (χ0v) is 11.4. The maximum Gasteiger partial charge on any atom is 0.494 e. The molecule has 2 aliphatic rings. The Hall–Kier alpha value is -0.835. The number of likely N-dealkylation sites (N-methyl/N-ethyl adjacent to an activating group) is 1. The van der Waals surface area contributed by atoms with Crippen molar-refractivity contribution in [2.45, 2.75) is 32.4 Å². The molecule has 0 N–H and O–H groups in total. The molecule has 1 saturated heterocycles. The Morgan fingerprint density at radius 3 is 2.83 bits per heavy atom. The van der Waals surface area contributed by atoms with E-state index in [4.69, 9.17) is 9.31 Å². The van der Waals surface area contributed by atoms with Crippen LogP contribution in [0.4, 0.5) is 0 Å². The van der Waals surface area contributed by atoms with E-state index >= 15 is 0 Å². The fraction of sp³-hybridized carbons (Fsp3) is 0.571. The van der Waals surface area contributed by atoms with Gasteiger partial charge in [0.1, 0.15) is 0 Å². The highest BCUT2D eigenvalue weighted by molar-refractivity contribution is 6.61. The Morgan fingerprint density at radius 2 is 2.11 bits per heavy atom. The minimum absolute atomic E-state index is 0.166. The van der Waals surface area contributed by atoms with Crippen molar-refractivity contribution in [1.29, 1.82) is 0 Å². The SMILES string of the molecule is CN1CCc2cc(B3OCC(C)(C)O3)ccc2C1. The van der Waals surface area contributed by atoms with E-state index in [2.05, 4.69) is 44.0 Å². The second kappa shape index (κ2) is 4.37. The van der Waals surface area contributed by atoms with Crippen LogP contribution >= 0.6 is 0 Å². The molecule has 0 aliphatic carbocycles. The lowest BCUT2D eigenvalue weighted by molar-refractivity contribution is 0.137. The van der Waals surface area contributed by atoms with Crippen LogP contribution in [0.3, 0.4) is 0 Å². The third-order valence-corrected chi connectivity index (χ3v) is 3.71. The molecule has 0 saturated carbocycles. The van der Waals surface area contributed by atoms with Crippen molar-refractivity contribution >= 4 is 12.6 Å². The summed E-state index contributed by atoms with van der Waals surface area (Å²) >= 11 is 0. The molecule has 0 aromatic heterocycles. The van der Waals surface area contributed by atoms with Crippen LogP contribution in [0.1, 0.15) is 25.0 Å². The molecule has 0 unspecified atom stereocenters. The van der Waals surface area contributed by atoms with E-state index in [1.54, 1.807) is 0 Å². The lowest BCUT2D eigenvalue weighted by Crippen LogP contribution is -2.36. The molecule has 4 heteroatoms. The van der Waals surface area contributed by atoms with E-state index in [1.165, 1.54) is 11.1 Å². The van der Waals surface area contributed by atoms with Crippen LogP contribution in [-0.2, 0) is 22.3 Å². The highest BCUT2D eigenvalue weighted by atomic mass is 16.7. The van der Waals surface area contributed by atoms with E-state index < -0.39 is 0 Å². The monoisotopic (exact) mass is 245 g/mol. The molecular weight excluding hydrogens is 225 g/mol. The van der Waals surface area contributed by atoms with Gasteiger partial charge in [0, 0.05) is 13.1 Å². The maximum absolute atomic E-state index is 5.91. The van der Waals surface area contributed by atoms with Gasteiger partial charge >= 0.3 is 7.12 Å². The van der Waals surface area contributed by atoms with E-state index in [9.17, 15) is 0 Å². The summed E-state index contributed by atoms with van der Waals surface area (Å²) in [5, 5.41) is 0. The van der Waals surface area contributed by atoms with Gasteiger partial charge in [-0.25, -0.2) is 0 Å². The zero-order chi connectivity index (χ0) is 12.8. The molecule has 2 heterocycles. The molecular formula is C14H20BNO2. The highest BCUT2D eigenvalue weighted by Gasteiger charge is 2.38. The maximum atomic E-state index is 5.91. The minimum Gasteiger partial charge on any atom is -0.404 e. The summed E-state index contributed by atoms with van der Waals surface area (Å²) in [7, 11) is 1.98. The quantitative estimate of drug-likeness (QED) is 0.694. The second-order valence-electron chi connectivity index (χ2n) is 6.04. The van der Waals surface area contributed by atoms with Gasteiger partial charge in [-0.15, -0.1) is 0 Å². The van der Waals surface area contributed by atoms with Gasteiger partial charge in [0.2, 0.25) is 0 Å². The lowest BCUT2D eigenvalue weighted by atomic mass is 9.77. The Bertz CT molecular complexity index is 461. The summed E-state index contributed by atoms with van der Waals surface area (Å²) in [5.41, 5.74) is 3.87. The summed E-state index contributed by atoms with van der Waals surface area (Å²) in [6, 6.07) is 6.62. The van der Waals surface area contributed by atoms with E-state index in [0.717, 1.165) is 25.0 Å². The largest absolute Gasteiger partial charge is 0.494 e. The molecule has 96 valence electrons. The summed E-state index contributed by atoms with van der Waals surface area (Å²) in [6.45, 7) is 6.99. The number of fused-ring (bicyclic) bond motifs is 1. The predicted octanol–water partition coefficient (Wildman–Crippen LogP) is 1.20. The van der Waals surface area contributed by atoms with E-state index in [1.807, 2.05) is 0 Å². The molecule has 1 aromatic rings. The molecule has 0 atom stereocenters. The fourth-order valence-electron chi connectivity index (χ4n) is 2.66. The number of benzene rings is 1. The van der Waals surface area contributed by atoms with Gasteiger partial charge in [-0.2, -0.15) is 0 Å². The Kier molecular flexibility index (Phi) is 2.97. The molecule has 1 aromatic carbocycles. The van der Waals surface area contributed by atoms with Crippen LogP contribution in [-0.4, -0.2) is 37.8 Å². The van der Waals surface area contributed by atoms with Crippen molar-refractivity contribution in [3.63, 3.8) is 0 Å². The van der Waals surface area contributed by atoms with Crippen molar-refractivity contribution < 1.29 is 9.31 Å². The first-order valence-corrected chi connectivity index (χ1v) is 6.63. The topological polar surface area (TPSA) is 21.7 Å². The molecule has 0 amide bonds. The smallest absolute Gasteiger partial charge is 0.404 e. The van der Waals surface area contributed by atoms with Crippen molar-refractivity contribution in [3.8, 4) is 0 Å². The first kappa shape index (κ1) is 12.2. The van der Waals surface area contributed by atoms with Crippen molar-refractivity contribution in [1.82, 2.24) is 4.90 Å². The highest BCUT2D eigenvalue weighted by Crippen LogP contribution is 2.21. The van der Waals surface area contributed by atoms with Crippen molar-refractivity contribution in [2.75, 3.05) is 20.2 Å². The van der Waals surface area contributed by atoms with Gasteiger partial charge < -0.3 is 14.2 Å². The van der Waals surface area contributed by atoms with Crippen LogP contribution in [0.2, 0.25) is 0 Å². The van der Waals surface area contributed by atoms with Crippen molar-refractivity contribution in [2.24, 2.45) is 0 Å². The third-order valence-electron chi connectivity index (χ3n) is 3.71. The average molecular weight is 245 g/mol. The first-order valence-electron chi connectivity index (χ1n) is 6.63. The summed E-state index contributed by atoms with van der Waals surface area (Å²) < 4.78 is 11.6. The average Bonchev–Trinajstić information content (AvgIpc) is 2.69. The second-order valence-corrected chi connectivity index (χ2v) is 6.04. The minimum atomic E-state index is -0.190. The van der Waals surface area contributed by atoms with E-state index in [0.29, 0.717) is 6.61 Å². The molecule has 3 nitrogen and oxygen atoms in total. The van der Waals surface area contributed by atoms with Gasteiger partial charge in [0.05, 0.1) is 12.2 Å². The number of nitrogens with zero attached hydrogens (tertiary/aromatic N) is 1. The summed E-state index contributed by atoms with van der Waals surface area (Å²) in [5.74, 6) is 0. The van der Waals surface area contributed by atoms with Crippen LogP contribution in [0, 0.1) is 0 Å². The molecule has 0 spiro atoms. The van der Waals surface area contributed by atoms with Gasteiger partial charge in [0.25, 0.3) is 0 Å². The molecule has 1 fully saturated rings. The van der Waals surface area contributed by atoms with Crippen LogP contribution in [0.5, 0.6) is 0 Å². The molecule has 2 aliphatic heterocycles.